The summed E-state index contributed by atoms with van der Waals surface area (Å²) >= 11 is 6.28. The van der Waals surface area contributed by atoms with E-state index in [2.05, 4.69) is 22.9 Å². The molecule has 0 spiro atoms. The molecular weight excluding hydrogens is 372 g/mol. The van der Waals surface area contributed by atoms with Crippen molar-refractivity contribution < 1.29 is 14.0 Å². The average molecular weight is 381 g/mol. The van der Waals surface area contributed by atoms with Gasteiger partial charge in [-0.05, 0) is 34.7 Å². The quantitative estimate of drug-likeness (QED) is 0.410. The van der Waals surface area contributed by atoms with Crippen LogP contribution < -0.4 is 16.4 Å². The Morgan fingerprint density at radius 3 is 2.67 bits per heavy atom. The first-order valence-corrected chi connectivity index (χ1v) is 6.22. The van der Waals surface area contributed by atoms with Gasteiger partial charge in [-0.2, -0.15) is 0 Å². The molecule has 1 rings (SSSR count). The van der Waals surface area contributed by atoms with E-state index in [0.717, 1.165) is 0 Å². The molecule has 0 unspecified atom stereocenters. The van der Waals surface area contributed by atoms with Crippen LogP contribution in [0.3, 0.4) is 0 Å². The fourth-order valence-electron chi connectivity index (χ4n) is 1.03. The van der Waals surface area contributed by atoms with Gasteiger partial charge in [0.05, 0.1) is 20.8 Å². The van der Waals surface area contributed by atoms with Gasteiger partial charge in [-0.1, -0.05) is 18.3 Å². The topological polar surface area (TPSA) is 84.2 Å². The first kappa shape index (κ1) is 14.8. The molecular formula is C10H9FIN3O2S. The molecule has 0 aliphatic carbocycles. The number of thiocarbonyl (C=S) groups is 1. The van der Waals surface area contributed by atoms with Gasteiger partial charge in [0.1, 0.15) is 5.82 Å². The molecule has 0 aliphatic heterocycles. The smallest absolute Gasteiger partial charge is 0.313 e. The standard InChI is InChI=1S/C10H9FIN3O2S/c11-5-2-1-3-6(8(5)12)15-10(17)9(16)14-4-7(13)18/h1-3H,4H2,(H2,13,18)(H,14,16)(H,15,17). The van der Waals surface area contributed by atoms with Crippen molar-refractivity contribution in [2.75, 3.05) is 11.9 Å². The lowest BCUT2D eigenvalue weighted by molar-refractivity contribution is -0.135. The van der Waals surface area contributed by atoms with E-state index in [1.807, 2.05) is 0 Å². The largest absolute Gasteiger partial charge is 0.392 e. The van der Waals surface area contributed by atoms with Crippen LogP contribution in [0.5, 0.6) is 0 Å². The highest BCUT2D eigenvalue weighted by molar-refractivity contribution is 14.1. The maximum atomic E-state index is 13.2. The number of halogens is 2. The molecule has 96 valence electrons. The van der Waals surface area contributed by atoms with Crippen LogP contribution in [0.25, 0.3) is 0 Å². The molecule has 0 saturated carbocycles. The average Bonchev–Trinajstić information content (AvgIpc) is 2.31. The third-order valence-electron chi connectivity index (χ3n) is 1.83. The fraction of sp³-hybridized carbons (Fsp3) is 0.100. The molecule has 0 aliphatic rings. The highest BCUT2D eigenvalue weighted by atomic mass is 127. The molecule has 1 aromatic carbocycles. The monoisotopic (exact) mass is 381 g/mol. The van der Waals surface area contributed by atoms with E-state index >= 15 is 0 Å². The van der Waals surface area contributed by atoms with E-state index in [4.69, 9.17) is 5.73 Å². The maximum Gasteiger partial charge on any atom is 0.313 e. The number of nitrogens with one attached hydrogen (secondary N) is 2. The summed E-state index contributed by atoms with van der Waals surface area (Å²) in [6.45, 7) is -0.0676. The van der Waals surface area contributed by atoms with Crippen LogP contribution in [0.4, 0.5) is 10.1 Å². The van der Waals surface area contributed by atoms with E-state index < -0.39 is 17.6 Å². The van der Waals surface area contributed by atoms with Crippen molar-refractivity contribution in [3.8, 4) is 0 Å². The third-order valence-corrected chi connectivity index (χ3v) is 3.07. The fourth-order valence-corrected chi connectivity index (χ4v) is 1.59. The zero-order valence-electron chi connectivity index (χ0n) is 9.00. The second-order valence-electron chi connectivity index (χ2n) is 3.20. The Labute approximate surface area is 121 Å². The van der Waals surface area contributed by atoms with Crippen LogP contribution in [0.15, 0.2) is 18.2 Å². The Morgan fingerprint density at radius 2 is 2.06 bits per heavy atom. The van der Waals surface area contributed by atoms with E-state index in [9.17, 15) is 14.0 Å². The van der Waals surface area contributed by atoms with Gasteiger partial charge in [-0.3, -0.25) is 9.59 Å². The molecule has 18 heavy (non-hydrogen) atoms. The van der Waals surface area contributed by atoms with Crippen LogP contribution in [0.1, 0.15) is 0 Å². The molecule has 0 bridgehead atoms. The predicted octanol–water partition coefficient (Wildman–Crippen LogP) is 0.771. The normalized spacial score (nSPS) is 9.67. The van der Waals surface area contributed by atoms with Crippen molar-refractivity contribution >= 4 is 57.3 Å². The molecule has 4 N–H and O–H groups in total. The maximum absolute atomic E-state index is 13.2. The summed E-state index contributed by atoms with van der Waals surface area (Å²) < 4.78 is 13.4. The Bertz CT molecular complexity index is 510. The SMILES string of the molecule is NC(=S)CNC(=O)C(=O)Nc1cccc(F)c1I. The molecule has 0 aromatic heterocycles. The van der Waals surface area contributed by atoms with Crippen molar-refractivity contribution in [1.82, 2.24) is 5.32 Å². The molecule has 5 nitrogen and oxygen atoms in total. The van der Waals surface area contributed by atoms with Crippen molar-refractivity contribution in [3.05, 3.63) is 27.6 Å². The zero-order chi connectivity index (χ0) is 13.7. The summed E-state index contributed by atoms with van der Waals surface area (Å²) in [6.07, 6.45) is 0. The van der Waals surface area contributed by atoms with Gasteiger partial charge in [0.2, 0.25) is 0 Å². The summed E-state index contributed by atoms with van der Waals surface area (Å²) in [7, 11) is 0. The minimum atomic E-state index is -0.908. The van der Waals surface area contributed by atoms with Gasteiger partial charge in [0, 0.05) is 0 Å². The third kappa shape index (κ3) is 4.18. The zero-order valence-corrected chi connectivity index (χ0v) is 12.0. The molecule has 0 heterocycles. The Kier molecular flexibility index (Phi) is 5.41. The molecule has 0 radical (unpaired) electrons. The number of carbonyl (C=O) groups is 2. The minimum Gasteiger partial charge on any atom is -0.392 e. The van der Waals surface area contributed by atoms with Crippen LogP contribution in [-0.2, 0) is 9.59 Å². The number of nitrogens with two attached hydrogens (primary N) is 1. The van der Waals surface area contributed by atoms with Gasteiger partial charge in [-0.15, -0.1) is 0 Å². The lowest BCUT2D eigenvalue weighted by atomic mass is 10.3. The number of benzene rings is 1. The molecule has 0 atom stereocenters. The predicted molar refractivity (Wildman–Crippen MR) is 77.5 cm³/mol. The van der Waals surface area contributed by atoms with Gasteiger partial charge in [0.25, 0.3) is 0 Å². The summed E-state index contributed by atoms with van der Waals surface area (Å²) in [5.41, 5.74) is 5.40. The molecule has 2 amide bonds. The Balaban J connectivity index is 2.67. The van der Waals surface area contributed by atoms with E-state index in [1.54, 1.807) is 22.6 Å². The van der Waals surface area contributed by atoms with Crippen LogP contribution in [0.2, 0.25) is 0 Å². The number of rotatable bonds is 3. The van der Waals surface area contributed by atoms with Crippen molar-refractivity contribution in [1.29, 1.82) is 0 Å². The first-order valence-electron chi connectivity index (χ1n) is 4.73. The molecule has 0 fully saturated rings. The molecule has 0 saturated heterocycles. The highest BCUT2D eigenvalue weighted by Crippen LogP contribution is 2.20. The number of amides is 2. The van der Waals surface area contributed by atoms with Gasteiger partial charge in [0.15, 0.2) is 0 Å². The van der Waals surface area contributed by atoms with Crippen molar-refractivity contribution in [2.45, 2.75) is 0 Å². The Morgan fingerprint density at radius 1 is 1.39 bits per heavy atom. The van der Waals surface area contributed by atoms with E-state index in [1.165, 1.54) is 18.2 Å². The van der Waals surface area contributed by atoms with E-state index in [0.29, 0.717) is 0 Å². The summed E-state index contributed by atoms with van der Waals surface area (Å²) in [6, 6.07) is 4.17. The summed E-state index contributed by atoms with van der Waals surface area (Å²) in [5.74, 6) is -2.27. The van der Waals surface area contributed by atoms with Gasteiger partial charge in [-0.25, -0.2) is 4.39 Å². The van der Waals surface area contributed by atoms with Gasteiger partial charge >= 0.3 is 11.8 Å². The Hall–Kier alpha value is -1.29. The number of carbonyl (C=O) groups excluding carboxylic acids is 2. The lowest BCUT2D eigenvalue weighted by Crippen LogP contribution is -2.39. The molecule has 8 heteroatoms. The van der Waals surface area contributed by atoms with Gasteiger partial charge < -0.3 is 16.4 Å². The van der Waals surface area contributed by atoms with Crippen LogP contribution in [-0.4, -0.2) is 23.3 Å². The summed E-state index contributed by atoms with van der Waals surface area (Å²) in [4.78, 5) is 22.8. The number of hydrogen-bond acceptors (Lipinski definition) is 3. The lowest BCUT2D eigenvalue weighted by Gasteiger charge is -2.07. The second-order valence-corrected chi connectivity index (χ2v) is 4.81. The number of anilines is 1. The minimum absolute atomic E-state index is 0.0662. The first-order chi connectivity index (χ1) is 8.41. The summed E-state index contributed by atoms with van der Waals surface area (Å²) in [5, 5.41) is 4.51. The number of hydrogen-bond donors (Lipinski definition) is 3. The second kappa shape index (κ2) is 6.59. The highest BCUT2D eigenvalue weighted by Gasteiger charge is 2.15. The van der Waals surface area contributed by atoms with Crippen LogP contribution >= 0.6 is 34.8 Å². The van der Waals surface area contributed by atoms with Crippen molar-refractivity contribution in [3.63, 3.8) is 0 Å². The van der Waals surface area contributed by atoms with Crippen molar-refractivity contribution in [2.24, 2.45) is 5.73 Å². The van der Waals surface area contributed by atoms with E-state index in [-0.39, 0.29) is 20.8 Å². The van der Waals surface area contributed by atoms with Crippen LogP contribution in [0, 0.1) is 9.39 Å². The molecule has 1 aromatic rings.